The summed E-state index contributed by atoms with van der Waals surface area (Å²) < 4.78 is 0. The van der Waals surface area contributed by atoms with E-state index in [2.05, 4.69) is 4.99 Å². The van der Waals surface area contributed by atoms with Crippen LogP contribution < -0.4 is 0 Å². The molecule has 0 fully saturated rings. The Labute approximate surface area is 86.4 Å². The number of carboxylic acids is 1. The molecule has 0 radical (unpaired) electrons. The van der Waals surface area contributed by atoms with Crippen molar-refractivity contribution in [2.75, 3.05) is 0 Å². The van der Waals surface area contributed by atoms with E-state index in [9.17, 15) is 9.59 Å². The van der Waals surface area contributed by atoms with Gasteiger partial charge >= 0.3 is 5.97 Å². The first kappa shape index (κ1) is 9.64. The molecule has 0 aliphatic carbocycles. The number of aliphatic imine (C=N–C) groups is 1. The molecular weight excluding hydrogens is 196 g/mol. The molecule has 0 bridgehead atoms. The Kier molecular flexibility index (Phi) is 1.96. The normalized spacial score (nSPS) is 28.7. The van der Waals surface area contributed by atoms with Crippen LogP contribution in [0, 0.1) is 0 Å². The number of fused-ring (bicyclic) bond motifs is 1. The van der Waals surface area contributed by atoms with E-state index in [4.69, 9.17) is 5.11 Å². The van der Waals surface area contributed by atoms with Gasteiger partial charge in [0.15, 0.2) is 5.54 Å². The number of carbonyl (C=O) groups excluding carboxylic acids is 1. The second-order valence-corrected chi connectivity index (χ2v) is 3.69. The molecule has 0 spiro atoms. The van der Waals surface area contributed by atoms with Crippen molar-refractivity contribution in [1.82, 2.24) is 4.90 Å². The number of carbonyl (C=O) groups is 2. The Morgan fingerprint density at radius 2 is 2.33 bits per heavy atom. The number of hydrogen-bond acceptors (Lipinski definition) is 3. The van der Waals surface area contributed by atoms with Gasteiger partial charge in [-0.3, -0.25) is 9.69 Å². The van der Waals surface area contributed by atoms with E-state index < -0.39 is 11.5 Å². The summed E-state index contributed by atoms with van der Waals surface area (Å²) in [6.07, 6.45) is 6.53. The van der Waals surface area contributed by atoms with Gasteiger partial charge in [0.1, 0.15) is 5.84 Å². The van der Waals surface area contributed by atoms with Gasteiger partial charge < -0.3 is 5.11 Å². The van der Waals surface area contributed by atoms with Crippen molar-refractivity contribution in [3.05, 3.63) is 24.4 Å². The molecule has 15 heavy (non-hydrogen) atoms. The Hall–Kier alpha value is -1.91. The smallest absolute Gasteiger partial charge is 0.331 e. The quantitative estimate of drug-likeness (QED) is 0.680. The van der Waals surface area contributed by atoms with Gasteiger partial charge in [-0.05, 0) is 19.1 Å². The van der Waals surface area contributed by atoms with Crippen molar-refractivity contribution in [3.8, 4) is 0 Å². The predicted octanol–water partition coefficient (Wildman–Crippen LogP) is 0.544. The first-order valence-electron chi connectivity index (χ1n) is 4.53. The third-order valence-electron chi connectivity index (χ3n) is 2.42. The average molecular weight is 206 g/mol. The van der Waals surface area contributed by atoms with Crippen LogP contribution in [0.2, 0.25) is 0 Å². The molecular formula is C10H10N2O3. The molecule has 1 atom stereocenters. The minimum Gasteiger partial charge on any atom is -0.479 e. The van der Waals surface area contributed by atoms with Gasteiger partial charge in [0.2, 0.25) is 5.91 Å². The van der Waals surface area contributed by atoms with E-state index in [1.54, 1.807) is 24.4 Å². The summed E-state index contributed by atoms with van der Waals surface area (Å²) in [6, 6.07) is 0. The van der Waals surface area contributed by atoms with Crippen molar-refractivity contribution >= 4 is 17.7 Å². The van der Waals surface area contributed by atoms with Crippen molar-refractivity contribution in [3.63, 3.8) is 0 Å². The van der Waals surface area contributed by atoms with Gasteiger partial charge in [-0.15, -0.1) is 0 Å². The number of carboxylic acid groups (broad SMARTS) is 1. The molecule has 0 saturated heterocycles. The van der Waals surface area contributed by atoms with Crippen molar-refractivity contribution < 1.29 is 14.7 Å². The zero-order valence-corrected chi connectivity index (χ0v) is 8.17. The highest BCUT2D eigenvalue weighted by atomic mass is 16.4. The van der Waals surface area contributed by atoms with Crippen LogP contribution in [0.25, 0.3) is 0 Å². The monoisotopic (exact) mass is 206 g/mol. The Morgan fingerprint density at radius 1 is 1.60 bits per heavy atom. The highest BCUT2D eigenvalue weighted by molar-refractivity contribution is 6.10. The number of aliphatic carboxylic acids is 1. The van der Waals surface area contributed by atoms with Crippen LogP contribution in [0.1, 0.15) is 13.3 Å². The molecule has 5 nitrogen and oxygen atoms in total. The number of hydrogen-bond donors (Lipinski definition) is 1. The summed E-state index contributed by atoms with van der Waals surface area (Å²) in [6.45, 7) is 1.45. The Morgan fingerprint density at radius 3 is 3.00 bits per heavy atom. The number of nitrogens with zero attached hydrogens (tertiary/aromatic N) is 2. The molecule has 0 aromatic heterocycles. The zero-order chi connectivity index (χ0) is 11.1. The topological polar surface area (TPSA) is 70.0 Å². The lowest BCUT2D eigenvalue weighted by atomic mass is 9.95. The standard InChI is InChI=1S/C10H10N2O3/c1-10(9(14)15)6-8(13)12-5-3-2-4-7(12)11-10/h2-5H,6H2,1H3,(H,14,15)/t10-/m0/s1. The van der Waals surface area contributed by atoms with Gasteiger partial charge in [0, 0.05) is 6.20 Å². The van der Waals surface area contributed by atoms with Gasteiger partial charge in [-0.25, -0.2) is 9.79 Å². The molecule has 0 unspecified atom stereocenters. The summed E-state index contributed by atoms with van der Waals surface area (Å²) in [5.41, 5.74) is -1.33. The number of rotatable bonds is 1. The van der Waals surface area contributed by atoms with Crippen LogP contribution in [0.15, 0.2) is 29.4 Å². The van der Waals surface area contributed by atoms with E-state index >= 15 is 0 Å². The van der Waals surface area contributed by atoms with Crippen LogP contribution in [0.3, 0.4) is 0 Å². The lowest BCUT2D eigenvalue weighted by Crippen LogP contribution is -2.48. The molecule has 78 valence electrons. The van der Waals surface area contributed by atoms with E-state index in [0.29, 0.717) is 5.84 Å². The minimum absolute atomic E-state index is 0.107. The van der Waals surface area contributed by atoms with Crippen molar-refractivity contribution in [2.24, 2.45) is 4.99 Å². The van der Waals surface area contributed by atoms with Crippen LogP contribution in [-0.4, -0.2) is 33.3 Å². The fourth-order valence-electron chi connectivity index (χ4n) is 1.53. The summed E-state index contributed by atoms with van der Waals surface area (Å²) >= 11 is 0. The van der Waals surface area contributed by atoms with Crippen LogP contribution >= 0.6 is 0 Å². The molecule has 2 heterocycles. The molecule has 0 saturated carbocycles. The molecule has 0 aromatic rings. The van der Waals surface area contributed by atoms with E-state index in [-0.39, 0.29) is 12.3 Å². The zero-order valence-electron chi connectivity index (χ0n) is 8.17. The second-order valence-electron chi connectivity index (χ2n) is 3.69. The third kappa shape index (κ3) is 1.45. The molecule has 5 heteroatoms. The van der Waals surface area contributed by atoms with E-state index in [1.165, 1.54) is 11.8 Å². The van der Waals surface area contributed by atoms with E-state index in [1.807, 2.05) is 0 Å². The summed E-state index contributed by atoms with van der Waals surface area (Å²) in [5, 5.41) is 8.99. The maximum absolute atomic E-state index is 11.6. The van der Waals surface area contributed by atoms with E-state index in [0.717, 1.165) is 0 Å². The third-order valence-corrected chi connectivity index (χ3v) is 2.42. The summed E-state index contributed by atoms with van der Waals surface area (Å²) in [4.78, 5) is 28.1. The lowest BCUT2D eigenvalue weighted by molar-refractivity contribution is -0.146. The lowest BCUT2D eigenvalue weighted by Gasteiger charge is -2.32. The largest absolute Gasteiger partial charge is 0.479 e. The van der Waals surface area contributed by atoms with Gasteiger partial charge in [-0.2, -0.15) is 0 Å². The van der Waals surface area contributed by atoms with Crippen molar-refractivity contribution in [2.45, 2.75) is 18.9 Å². The maximum Gasteiger partial charge on any atom is 0.331 e. The summed E-state index contributed by atoms with van der Waals surface area (Å²) in [7, 11) is 0. The van der Waals surface area contributed by atoms with Crippen LogP contribution in [0.4, 0.5) is 0 Å². The fourth-order valence-corrected chi connectivity index (χ4v) is 1.53. The van der Waals surface area contributed by atoms with Gasteiger partial charge in [0.05, 0.1) is 6.42 Å². The second kappa shape index (κ2) is 3.05. The van der Waals surface area contributed by atoms with Crippen LogP contribution in [0.5, 0.6) is 0 Å². The molecule has 2 aliphatic heterocycles. The summed E-state index contributed by atoms with van der Waals surface area (Å²) in [5.74, 6) is -0.935. The number of amidine groups is 1. The first-order chi connectivity index (χ1) is 7.03. The SMILES string of the molecule is C[C@@]1(C(=O)O)CC(=O)N2C=CC=CC2=N1. The van der Waals surface area contributed by atoms with Crippen molar-refractivity contribution in [1.29, 1.82) is 0 Å². The number of amides is 1. The molecule has 0 aromatic carbocycles. The highest BCUT2D eigenvalue weighted by Gasteiger charge is 2.41. The minimum atomic E-state index is -1.33. The fraction of sp³-hybridized carbons (Fsp3) is 0.300. The highest BCUT2D eigenvalue weighted by Crippen LogP contribution is 2.25. The Bertz CT molecular complexity index is 422. The number of allylic oxidation sites excluding steroid dienone is 2. The maximum atomic E-state index is 11.6. The molecule has 2 aliphatic rings. The first-order valence-corrected chi connectivity index (χ1v) is 4.53. The molecule has 2 rings (SSSR count). The van der Waals surface area contributed by atoms with Gasteiger partial charge in [0.25, 0.3) is 0 Å². The molecule has 1 N–H and O–H groups in total. The van der Waals surface area contributed by atoms with Crippen LogP contribution in [-0.2, 0) is 9.59 Å². The average Bonchev–Trinajstić information content (AvgIpc) is 2.17. The molecule has 1 amide bonds. The Balaban J connectivity index is 2.45. The van der Waals surface area contributed by atoms with Gasteiger partial charge in [-0.1, -0.05) is 6.08 Å². The predicted molar refractivity (Wildman–Crippen MR) is 53.2 cm³/mol.